The highest BCUT2D eigenvalue weighted by molar-refractivity contribution is 5.76. The largest absolute Gasteiger partial charge is 0.481 e. The second-order valence-electron chi connectivity index (χ2n) is 3.50. The normalized spacial score (nSPS) is 12.4. The number of carboxylic acid groups (broad SMARTS) is 1. The van der Waals surface area contributed by atoms with Crippen LogP contribution < -0.4 is 5.73 Å². The molecule has 0 amide bonds. The molecule has 0 aromatic heterocycles. The van der Waals surface area contributed by atoms with Gasteiger partial charge < -0.3 is 15.6 Å². The van der Waals surface area contributed by atoms with Gasteiger partial charge in [-0.2, -0.15) is 0 Å². The first-order chi connectivity index (χ1) is 8.43. The predicted molar refractivity (Wildman–Crippen MR) is 56.4 cm³/mol. The lowest BCUT2D eigenvalue weighted by Gasteiger charge is -2.10. The van der Waals surface area contributed by atoms with Gasteiger partial charge in [-0.1, -0.05) is 0 Å². The first-order valence-corrected chi connectivity index (χ1v) is 5.38. The summed E-state index contributed by atoms with van der Waals surface area (Å²) in [6.07, 6.45) is 0.759. The Morgan fingerprint density at radius 3 is 2.39 bits per heavy atom. The Labute approximate surface area is 104 Å². The van der Waals surface area contributed by atoms with Crippen LogP contribution in [0, 0.1) is 0 Å². The highest BCUT2D eigenvalue weighted by Crippen LogP contribution is 1.99. The minimum absolute atomic E-state index is 0.0290. The maximum absolute atomic E-state index is 11.2. The van der Waals surface area contributed by atoms with E-state index in [1.165, 1.54) is 0 Å². The second-order valence-corrected chi connectivity index (χ2v) is 3.50. The van der Waals surface area contributed by atoms with Crippen molar-refractivity contribution in [3.8, 4) is 0 Å². The molecule has 0 radical (unpaired) electrons. The highest BCUT2D eigenvalue weighted by atomic mass is 17.1. The fourth-order valence-corrected chi connectivity index (χ4v) is 1.03. The number of carbonyl (C=O) groups is 2. The number of nitrogens with two attached hydrogens (primary N) is 1. The van der Waals surface area contributed by atoms with Crippen LogP contribution in [0.2, 0.25) is 0 Å². The van der Waals surface area contributed by atoms with Crippen LogP contribution in [0.15, 0.2) is 0 Å². The maximum atomic E-state index is 11.2. The number of ether oxygens (including phenoxy) is 1. The summed E-state index contributed by atoms with van der Waals surface area (Å²) in [7, 11) is 0. The quantitative estimate of drug-likeness (QED) is 0.234. The molecule has 0 aliphatic heterocycles. The van der Waals surface area contributed by atoms with Crippen molar-refractivity contribution < 1.29 is 34.7 Å². The van der Waals surface area contributed by atoms with E-state index in [1.54, 1.807) is 0 Å². The number of rotatable bonds is 10. The first-order valence-electron chi connectivity index (χ1n) is 5.38. The van der Waals surface area contributed by atoms with E-state index in [1.807, 2.05) is 0 Å². The molecule has 18 heavy (non-hydrogen) atoms. The lowest BCUT2D eigenvalue weighted by molar-refractivity contribution is -0.492. The van der Waals surface area contributed by atoms with Crippen LogP contribution in [0.4, 0.5) is 0 Å². The average Bonchev–Trinajstić information content (AvgIpc) is 2.29. The van der Waals surface area contributed by atoms with Crippen molar-refractivity contribution in [2.24, 2.45) is 5.73 Å². The van der Waals surface area contributed by atoms with E-state index >= 15 is 0 Å². The van der Waals surface area contributed by atoms with Crippen LogP contribution in [0.3, 0.4) is 0 Å². The van der Waals surface area contributed by atoms with Crippen molar-refractivity contribution in [2.75, 3.05) is 13.2 Å². The van der Waals surface area contributed by atoms with Crippen LogP contribution in [0.25, 0.3) is 0 Å². The van der Waals surface area contributed by atoms with Crippen molar-refractivity contribution in [1.29, 1.82) is 0 Å². The summed E-state index contributed by atoms with van der Waals surface area (Å²) in [4.78, 5) is 25.8. The Morgan fingerprint density at radius 2 is 1.83 bits per heavy atom. The van der Waals surface area contributed by atoms with Gasteiger partial charge in [-0.15, -0.1) is 0 Å². The van der Waals surface area contributed by atoms with Crippen LogP contribution in [-0.4, -0.2) is 52.1 Å². The van der Waals surface area contributed by atoms with E-state index in [-0.39, 0.29) is 26.1 Å². The molecule has 9 heteroatoms. The summed E-state index contributed by atoms with van der Waals surface area (Å²) in [6.45, 7) is 0.176. The summed E-state index contributed by atoms with van der Waals surface area (Å²) in [5, 5.41) is 24.4. The van der Waals surface area contributed by atoms with Gasteiger partial charge in [0, 0.05) is 6.42 Å². The smallest absolute Gasteiger partial charge is 0.322 e. The highest BCUT2D eigenvalue weighted by Gasteiger charge is 2.15. The van der Waals surface area contributed by atoms with Gasteiger partial charge in [-0.3, -0.25) is 24.8 Å². The molecule has 9 nitrogen and oxygen atoms in total. The number of esters is 1. The van der Waals surface area contributed by atoms with Crippen LogP contribution in [0.5, 0.6) is 0 Å². The van der Waals surface area contributed by atoms with Gasteiger partial charge in [0.15, 0.2) is 0 Å². The van der Waals surface area contributed by atoms with Gasteiger partial charge in [0.25, 0.3) is 0 Å². The Hall–Kier alpha value is -1.26. The number of carboxylic acids is 1. The van der Waals surface area contributed by atoms with Gasteiger partial charge in [0.2, 0.25) is 0 Å². The van der Waals surface area contributed by atoms with Crippen molar-refractivity contribution in [3.63, 3.8) is 0 Å². The van der Waals surface area contributed by atoms with Crippen molar-refractivity contribution in [1.82, 2.24) is 5.39 Å². The SMILES string of the molecule is NC(CCC(=O)O)C(=O)OCCCCON(O)O. The molecule has 0 aromatic rings. The molecule has 0 bridgehead atoms. The average molecular weight is 266 g/mol. The Bertz CT molecular complexity index is 259. The van der Waals surface area contributed by atoms with Crippen LogP contribution in [0.1, 0.15) is 25.7 Å². The zero-order valence-corrected chi connectivity index (χ0v) is 9.82. The van der Waals surface area contributed by atoms with E-state index in [0.717, 1.165) is 0 Å². The van der Waals surface area contributed by atoms with Crippen molar-refractivity contribution in [2.45, 2.75) is 31.7 Å². The molecular formula is C9H18N2O7. The zero-order chi connectivity index (χ0) is 14.0. The number of carbonyl (C=O) groups excluding carboxylic acids is 1. The number of aliphatic carboxylic acids is 1. The van der Waals surface area contributed by atoms with E-state index in [0.29, 0.717) is 12.8 Å². The van der Waals surface area contributed by atoms with E-state index in [2.05, 4.69) is 4.84 Å². The molecule has 0 saturated heterocycles. The molecule has 0 rings (SSSR count). The first kappa shape index (κ1) is 16.7. The number of hydrogen-bond donors (Lipinski definition) is 4. The van der Waals surface area contributed by atoms with Crippen LogP contribution >= 0.6 is 0 Å². The number of hydrogen-bond acceptors (Lipinski definition) is 8. The Morgan fingerprint density at radius 1 is 1.22 bits per heavy atom. The third-order valence-corrected chi connectivity index (χ3v) is 1.96. The molecule has 0 aliphatic carbocycles. The second kappa shape index (κ2) is 9.74. The van der Waals surface area contributed by atoms with Gasteiger partial charge in [-0.05, 0) is 19.3 Å². The maximum Gasteiger partial charge on any atom is 0.322 e. The van der Waals surface area contributed by atoms with E-state index < -0.39 is 23.4 Å². The molecule has 1 unspecified atom stereocenters. The molecule has 0 spiro atoms. The van der Waals surface area contributed by atoms with Gasteiger partial charge >= 0.3 is 11.9 Å². The summed E-state index contributed by atoms with van der Waals surface area (Å²) in [6, 6.07) is -0.942. The summed E-state index contributed by atoms with van der Waals surface area (Å²) < 4.78 is 4.79. The Kier molecular flexibility index (Phi) is 9.06. The lowest BCUT2D eigenvalue weighted by atomic mass is 10.2. The zero-order valence-electron chi connectivity index (χ0n) is 9.82. The molecule has 0 aliphatic rings. The molecular weight excluding hydrogens is 248 g/mol. The standard InChI is InChI=1S/C9H18N2O7/c10-7(3-4-8(12)13)9(14)17-5-1-2-6-18-11(15)16/h7,15-16H,1-6,10H2,(H,12,13). The topological polar surface area (TPSA) is 143 Å². The molecule has 1 atom stereocenters. The summed E-state index contributed by atoms with van der Waals surface area (Å²) in [5.74, 6) is -1.67. The molecule has 0 aromatic carbocycles. The fourth-order valence-electron chi connectivity index (χ4n) is 1.03. The minimum Gasteiger partial charge on any atom is -0.481 e. The number of nitrogens with zero attached hydrogens (tertiary/aromatic N) is 1. The monoisotopic (exact) mass is 266 g/mol. The molecule has 106 valence electrons. The molecule has 5 N–H and O–H groups in total. The van der Waals surface area contributed by atoms with Crippen LogP contribution in [-0.2, 0) is 19.2 Å². The molecule has 0 saturated carbocycles. The minimum atomic E-state index is -1.02. The Balaban J connectivity index is 3.49. The predicted octanol–water partition coefficient (Wildman–Crippen LogP) is -0.486. The van der Waals surface area contributed by atoms with Gasteiger partial charge in [0.05, 0.1) is 18.6 Å². The lowest BCUT2D eigenvalue weighted by Crippen LogP contribution is -2.33. The van der Waals surface area contributed by atoms with Crippen molar-refractivity contribution >= 4 is 11.9 Å². The van der Waals surface area contributed by atoms with Crippen molar-refractivity contribution in [3.05, 3.63) is 0 Å². The number of unbranched alkanes of at least 4 members (excludes halogenated alkanes) is 1. The third-order valence-electron chi connectivity index (χ3n) is 1.96. The third kappa shape index (κ3) is 9.93. The van der Waals surface area contributed by atoms with Gasteiger partial charge in [0.1, 0.15) is 6.04 Å². The fraction of sp³-hybridized carbons (Fsp3) is 0.778. The summed E-state index contributed by atoms with van der Waals surface area (Å²) >= 11 is 0. The van der Waals surface area contributed by atoms with Gasteiger partial charge in [-0.25, -0.2) is 0 Å². The van der Waals surface area contributed by atoms with E-state index in [9.17, 15) is 9.59 Å². The molecule has 0 heterocycles. The van der Waals surface area contributed by atoms with E-state index in [4.69, 9.17) is 26.0 Å². The molecule has 0 fully saturated rings. The summed E-state index contributed by atoms with van der Waals surface area (Å²) in [5.41, 5.74) is 5.41.